The van der Waals surface area contributed by atoms with Crippen LogP contribution in [0.3, 0.4) is 0 Å². The third-order valence-electron chi connectivity index (χ3n) is 4.28. The largest absolute Gasteiger partial charge is 0.497 e. The maximum absolute atomic E-state index is 12.5. The van der Waals surface area contributed by atoms with Crippen LogP contribution in [0, 0.1) is 0 Å². The molecule has 9 nitrogen and oxygen atoms in total. The van der Waals surface area contributed by atoms with Crippen LogP contribution in [0.4, 0.5) is 10.8 Å². The van der Waals surface area contributed by atoms with E-state index in [9.17, 15) is 13.2 Å². The van der Waals surface area contributed by atoms with Crippen LogP contribution < -0.4 is 14.4 Å². The molecule has 11 heteroatoms. The number of rotatable bonds is 7. The molecular weight excluding hydrogens is 426 g/mol. The van der Waals surface area contributed by atoms with Crippen LogP contribution >= 0.6 is 11.3 Å². The Labute approximate surface area is 179 Å². The second-order valence-electron chi connectivity index (χ2n) is 6.40. The topological polar surface area (TPSA) is 105 Å². The first kappa shape index (κ1) is 21.7. The van der Waals surface area contributed by atoms with E-state index >= 15 is 0 Å². The van der Waals surface area contributed by atoms with E-state index in [1.165, 1.54) is 32.5 Å². The number of aromatic nitrogens is 2. The fourth-order valence-electron chi connectivity index (χ4n) is 2.49. The summed E-state index contributed by atoms with van der Waals surface area (Å²) in [6, 6.07) is 13.6. The molecule has 0 aliphatic heterocycles. The second kappa shape index (κ2) is 8.78. The van der Waals surface area contributed by atoms with Gasteiger partial charge in [0.15, 0.2) is 0 Å². The van der Waals surface area contributed by atoms with Gasteiger partial charge in [0.1, 0.15) is 10.8 Å². The van der Waals surface area contributed by atoms with Gasteiger partial charge in [0.05, 0.1) is 12.8 Å². The number of nitrogens with one attached hydrogen (secondary N) is 1. The van der Waals surface area contributed by atoms with Gasteiger partial charge in [-0.25, -0.2) is 0 Å². The molecule has 3 aromatic rings. The number of hydrogen-bond acceptors (Lipinski definition) is 7. The molecule has 0 spiro atoms. The zero-order valence-electron chi connectivity index (χ0n) is 16.9. The van der Waals surface area contributed by atoms with Gasteiger partial charge in [-0.05, 0) is 48.5 Å². The van der Waals surface area contributed by atoms with E-state index in [2.05, 4.69) is 15.5 Å². The summed E-state index contributed by atoms with van der Waals surface area (Å²) in [7, 11) is 2.36. The maximum Gasteiger partial charge on any atom is 0.303 e. The van der Waals surface area contributed by atoms with Gasteiger partial charge < -0.3 is 4.74 Å². The van der Waals surface area contributed by atoms with Crippen molar-refractivity contribution in [1.82, 2.24) is 14.5 Å². The monoisotopic (exact) mass is 447 g/mol. The molecule has 0 fully saturated rings. The highest BCUT2D eigenvalue weighted by atomic mass is 32.2. The van der Waals surface area contributed by atoms with Gasteiger partial charge in [0, 0.05) is 32.3 Å². The summed E-state index contributed by atoms with van der Waals surface area (Å²) in [6.45, 7) is 0. The number of ether oxygens (including phenoxy) is 1. The van der Waals surface area contributed by atoms with Crippen molar-refractivity contribution in [2.45, 2.75) is 0 Å². The summed E-state index contributed by atoms with van der Waals surface area (Å²) in [5.74, 6) is 0.376. The van der Waals surface area contributed by atoms with Gasteiger partial charge in [0.2, 0.25) is 5.13 Å². The van der Waals surface area contributed by atoms with Crippen molar-refractivity contribution in [2.24, 2.45) is 0 Å². The van der Waals surface area contributed by atoms with Gasteiger partial charge in [-0.1, -0.05) is 11.3 Å². The Morgan fingerprint density at radius 2 is 1.63 bits per heavy atom. The molecule has 1 aromatic heterocycles. The van der Waals surface area contributed by atoms with Crippen LogP contribution in [0.25, 0.3) is 10.6 Å². The Balaban J connectivity index is 1.70. The maximum atomic E-state index is 12.5. The van der Waals surface area contributed by atoms with Gasteiger partial charge in [-0.15, -0.1) is 10.2 Å². The predicted octanol–water partition coefficient (Wildman–Crippen LogP) is 2.71. The highest BCUT2D eigenvalue weighted by molar-refractivity contribution is 7.90. The standard InChI is InChI=1S/C19H21N5O4S2/c1-23(2)30(26,27)24(3)15-9-5-13(6-10-15)17(25)20-19-22-21-18(29-19)14-7-11-16(28-4)12-8-14/h5-12H,1-4H3,(H,20,22,25). The first-order valence-electron chi connectivity index (χ1n) is 8.78. The molecule has 0 aliphatic carbocycles. The third-order valence-corrected chi connectivity index (χ3v) is 7.00. The Bertz CT molecular complexity index is 1130. The van der Waals surface area contributed by atoms with Crippen molar-refractivity contribution < 1.29 is 17.9 Å². The SMILES string of the molecule is COc1ccc(-c2nnc(NC(=O)c3ccc(N(C)S(=O)(=O)N(C)C)cc3)s2)cc1. The normalized spacial score (nSPS) is 11.4. The number of hydrogen-bond donors (Lipinski definition) is 1. The number of amides is 1. The molecule has 3 rings (SSSR count). The molecule has 1 amide bonds. The number of carbonyl (C=O) groups is 1. The molecule has 0 saturated carbocycles. The molecule has 30 heavy (non-hydrogen) atoms. The summed E-state index contributed by atoms with van der Waals surface area (Å²) < 4.78 is 31.8. The van der Waals surface area contributed by atoms with E-state index in [-0.39, 0.29) is 5.91 Å². The zero-order chi connectivity index (χ0) is 21.9. The van der Waals surface area contributed by atoms with Crippen LogP contribution in [0.1, 0.15) is 10.4 Å². The summed E-state index contributed by atoms with van der Waals surface area (Å²) in [5, 5.41) is 11.9. The Morgan fingerprint density at radius 1 is 1.00 bits per heavy atom. The van der Waals surface area contributed by atoms with Crippen LogP contribution in [-0.4, -0.2) is 57.1 Å². The molecule has 0 unspecified atom stereocenters. The zero-order valence-corrected chi connectivity index (χ0v) is 18.5. The summed E-state index contributed by atoms with van der Waals surface area (Å²) in [5.41, 5.74) is 1.68. The van der Waals surface area contributed by atoms with E-state index in [4.69, 9.17) is 4.74 Å². The number of carbonyl (C=O) groups excluding carboxylic acids is 1. The van der Waals surface area contributed by atoms with E-state index in [1.807, 2.05) is 24.3 Å². The average Bonchev–Trinajstić information content (AvgIpc) is 3.21. The van der Waals surface area contributed by atoms with Crippen LogP contribution in [0.2, 0.25) is 0 Å². The quantitative estimate of drug-likeness (QED) is 0.597. The molecule has 1 N–H and O–H groups in total. The van der Waals surface area contributed by atoms with Crippen molar-refractivity contribution in [3.8, 4) is 16.3 Å². The molecule has 0 saturated heterocycles. The predicted molar refractivity (Wildman–Crippen MR) is 117 cm³/mol. The smallest absolute Gasteiger partial charge is 0.303 e. The van der Waals surface area contributed by atoms with E-state index < -0.39 is 10.2 Å². The summed E-state index contributed by atoms with van der Waals surface area (Å²) in [6.07, 6.45) is 0. The second-order valence-corrected chi connectivity index (χ2v) is 9.55. The number of anilines is 2. The van der Waals surface area contributed by atoms with Crippen LogP contribution in [0.15, 0.2) is 48.5 Å². The molecule has 0 atom stereocenters. The third kappa shape index (κ3) is 4.58. The lowest BCUT2D eigenvalue weighted by Crippen LogP contribution is -2.37. The average molecular weight is 448 g/mol. The molecule has 0 aliphatic rings. The lowest BCUT2D eigenvalue weighted by molar-refractivity contribution is 0.102. The highest BCUT2D eigenvalue weighted by Gasteiger charge is 2.21. The Hall–Kier alpha value is -3.02. The number of benzene rings is 2. The van der Waals surface area contributed by atoms with E-state index in [0.29, 0.717) is 21.4 Å². The Morgan fingerprint density at radius 3 is 2.20 bits per heavy atom. The van der Waals surface area contributed by atoms with Crippen molar-refractivity contribution in [3.63, 3.8) is 0 Å². The Kier molecular flexibility index (Phi) is 6.34. The lowest BCUT2D eigenvalue weighted by atomic mass is 10.2. The molecule has 0 bridgehead atoms. The summed E-state index contributed by atoms with van der Waals surface area (Å²) in [4.78, 5) is 12.5. The molecule has 2 aromatic carbocycles. The van der Waals surface area contributed by atoms with Crippen molar-refractivity contribution in [2.75, 3.05) is 37.9 Å². The van der Waals surface area contributed by atoms with E-state index in [0.717, 1.165) is 19.9 Å². The minimum Gasteiger partial charge on any atom is -0.497 e. The first-order chi connectivity index (χ1) is 14.2. The van der Waals surface area contributed by atoms with Gasteiger partial charge in [-0.2, -0.15) is 12.7 Å². The lowest BCUT2D eigenvalue weighted by Gasteiger charge is -2.23. The van der Waals surface area contributed by atoms with Gasteiger partial charge in [0.25, 0.3) is 5.91 Å². The van der Waals surface area contributed by atoms with Crippen molar-refractivity contribution >= 4 is 38.3 Å². The fourth-order valence-corrected chi connectivity index (χ4v) is 4.12. The minimum atomic E-state index is -3.60. The molecule has 0 radical (unpaired) electrons. The molecular formula is C19H21N5O4S2. The van der Waals surface area contributed by atoms with Crippen LogP contribution in [-0.2, 0) is 10.2 Å². The highest BCUT2D eigenvalue weighted by Crippen LogP contribution is 2.28. The summed E-state index contributed by atoms with van der Waals surface area (Å²) >= 11 is 1.25. The van der Waals surface area contributed by atoms with Crippen molar-refractivity contribution in [3.05, 3.63) is 54.1 Å². The van der Waals surface area contributed by atoms with Gasteiger partial charge >= 0.3 is 10.2 Å². The number of methoxy groups -OCH3 is 1. The molecule has 1 heterocycles. The number of nitrogens with zero attached hydrogens (tertiary/aromatic N) is 4. The minimum absolute atomic E-state index is 0.363. The van der Waals surface area contributed by atoms with Gasteiger partial charge in [-0.3, -0.25) is 14.4 Å². The first-order valence-corrected chi connectivity index (χ1v) is 11.0. The van der Waals surface area contributed by atoms with Crippen molar-refractivity contribution in [1.29, 1.82) is 0 Å². The molecule has 158 valence electrons. The van der Waals surface area contributed by atoms with Crippen LogP contribution in [0.5, 0.6) is 5.75 Å². The van der Waals surface area contributed by atoms with E-state index in [1.54, 1.807) is 31.4 Å². The fraction of sp³-hybridized carbons (Fsp3) is 0.211.